The Morgan fingerprint density at radius 3 is 2.82 bits per heavy atom. The second-order valence-electron chi connectivity index (χ2n) is 6.36. The van der Waals surface area contributed by atoms with Gasteiger partial charge in [-0.05, 0) is 37.8 Å². The molecule has 148 valence electrons. The van der Waals surface area contributed by atoms with Crippen molar-refractivity contribution in [3.8, 4) is 0 Å². The van der Waals surface area contributed by atoms with E-state index in [0.717, 1.165) is 19.0 Å². The molecule has 0 saturated carbocycles. The zero-order valence-electron chi connectivity index (χ0n) is 15.5. The number of hydrogen-bond acceptors (Lipinski definition) is 5. The average Bonchev–Trinajstić information content (AvgIpc) is 2.67. The third-order valence-electron chi connectivity index (χ3n) is 4.16. The normalized spacial score (nSPS) is 17.4. The van der Waals surface area contributed by atoms with E-state index in [9.17, 15) is 18.8 Å². The van der Waals surface area contributed by atoms with Gasteiger partial charge in [0, 0.05) is 19.0 Å². The van der Waals surface area contributed by atoms with Gasteiger partial charge in [0.15, 0.2) is 0 Å². The van der Waals surface area contributed by atoms with Crippen molar-refractivity contribution >= 4 is 29.6 Å². The molecule has 9 heteroatoms. The van der Waals surface area contributed by atoms with E-state index in [0.29, 0.717) is 18.5 Å². The molecule has 8 nitrogen and oxygen atoms in total. The molecule has 1 atom stereocenters. The number of halogens is 1. The number of piperidine rings is 1. The van der Waals surface area contributed by atoms with Gasteiger partial charge in [-0.1, -0.05) is 6.58 Å². The van der Waals surface area contributed by atoms with E-state index in [2.05, 4.69) is 21.9 Å². The fourth-order valence-electron chi connectivity index (χ4n) is 2.84. The molecule has 2 rings (SSSR count). The fourth-order valence-corrected chi connectivity index (χ4v) is 2.84. The van der Waals surface area contributed by atoms with E-state index in [-0.39, 0.29) is 11.3 Å². The van der Waals surface area contributed by atoms with Crippen molar-refractivity contribution in [2.45, 2.75) is 32.2 Å². The topological polar surface area (TPSA) is 118 Å². The maximum absolute atomic E-state index is 12.8. The first-order valence-electron chi connectivity index (χ1n) is 8.70. The number of nitrogens with one attached hydrogen (secondary N) is 1. The SMILES string of the molecule is C=C(C=N/C=C(\C)F)[C@@H]1CCCCN1C(=O)C(=O)Nc1cncc(C(N)=O)c1. The first-order valence-corrected chi connectivity index (χ1v) is 8.70. The Labute approximate surface area is 162 Å². The standard InChI is InChI=1S/C19H22FN5O3/c1-12(8-22-9-13(2)20)16-5-3-4-6-25(16)19(28)18(27)24-15-7-14(17(21)26)10-23-11-15/h7-11,16H,1,3-6H2,2H3,(H2,21,26)(H,24,27)/b13-9+,22-8?/t16-/m0/s1. The summed E-state index contributed by atoms with van der Waals surface area (Å²) in [7, 11) is 0. The number of pyridine rings is 1. The minimum atomic E-state index is -0.862. The number of carbonyl (C=O) groups is 3. The van der Waals surface area contributed by atoms with Gasteiger partial charge in [-0.2, -0.15) is 0 Å². The Kier molecular flexibility index (Phi) is 7.14. The molecule has 28 heavy (non-hydrogen) atoms. The zero-order valence-corrected chi connectivity index (χ0v) is 15.5. The van der Waals surface area contributed by atoms with Crippen LogP contribution >= 0.6 is 0 Å². The molecule has 3 amide bonds. The molecule has 0 spiro atoms. The molecule has 1 fully saturated rings. The van der Waals surface area contributed by atoms with Crippen LogP contribution in [0.3, 0.4) is 0 Å². The summed E-state index contributed by atoms with van der Waals surface area (Å²) in [5.74, 6) is -2.74. The summed E-state index contributed by atoms with van der Waals surface area (Å²) in [4.78, 5) is 45.3. The highest BCUT2D eigenvalue weighted by Crippen LogP contribution is 2.22. The van der Waals surface area contributed by atoms with Crippen molar-refractivity contribution in [3.05, 3.63) is 48.2 Å². The van der Waals surface area contributed by atoms with Crippen LogP contribution in [-0.4, -0.2) is 46.4 Å². The Bertz CT molecular complexity index is 846. The molecule has 1 aromatic rings. The summed E-state index contributed by atoms with van der Waals surface area (Å²) in [5, 5.41) is 2.43. The molecule has 0 aromatic carbocycles. The number of allylic oxidation sites excluding steroid dienone is 1. The van der Waals surface area contributed by atoms with Gasteiger partial charge in [-0.3, -0.25) is 24.4 Å². The van der Waals surface area contributed by atoms with E-state index < -0.39 is 29.6 Å². The van der Waals surface area contributed by atoms with Crippen molar-refractivity contribution in [3.63, 3.8) is 0 Å². The summed E-state index contributed by atoms with van der Waals surface area (Å²) in [5.41, 5.74) is 5.99. The number of nitrogens with two attached hydrogens (primary N) is 1. The van der Waals surface area contributed by atoms with Crippen LogP contribution in [0.15, 0.2) is 47.6 Å². The number of primary amides is 1. The van der Waals surface area contributed by atoms with E-state index in [4.69, 9.17) is 5.73 Å². The van der Waals surface area contributed by atoms with Crippen LogP contribution < -0.4 is 11.1 Å². The molecule has 0 aliphatic carbocycles. The fraction of sp³-hybridized carbons (Fsp3) is 0.316. The number of aromatic nitrogens is 1. The lowest BCUT2D eigenvalue weighted by atomic mass is 9.96. The quantitative estimate of drug-likeness (QED) is 0.593. The van der Waals surface area contributed by atoms with Crippen LogP contribution in [0.5, 0.6) is 0 Å². The number of amides is 3. The van der Waals surface area contributed by atoms with Crippen LogP contribution in [0.25, 0.3) is 0 Å². The van der Waals surface area contributed by atoms with Crippen molar-refractivity contribution in [2.75, 3.05) is 11.9 Å². The van der Waals surface area contributed by atoms with Crippen molar-refractivity contribution in [1.82, 2.24) is 9.88 Å². The lowest BCUT2D eigenvalue weighted by Crippen LogP contribution is -2.49. The lowest BCUT2D eigenvalue weighted by Gasteiger charge is -2.35. The third kappa shape index (κ3) is 5.57. The molecule has 1 aromatic heterocycles. The van der Waals surface area contributed by atoms with Gasteiger partial charge in [-0.25, -0.2) is 4.39 Å². The van der Waals surface area contributed by atoms with Gasteiger partial charge in [0.25, 0.3) is 0 Å². The van der Waals surface area contributed by atoms with Gasteiger partial charge in [0.05, 0.1) is 29.7 Å². The van der Waals surface area contributed by atoms with Gasteiger partial charge in [0.2, 0.25) is 5.91 Å². The number of rotatable bonds is 5. The number of hydrogen-bond donors (Lipinski definition) is 2. The highest BCUT2D eigenvalue weighted by Gasteiger charge is 2.32. The summed E-state index contributed by atoms with van der Waals surface area (Å²) >= 11 is 0. The molecule has 1 aliphatic heterocycles. The van der Waals surface area contributed by atoms with Crippen molar-refractivity contribution < 1.29 is 18.8 Å². The maximum Gasteiger partial charge on any atom is 0.313 e. The zero-order chi connectivity index (χ0) is 20.7. The molecule has 0 bridgehead atoms. The number of likely N-dealkylation sites (tertiary alicyclic amines) is 1. The molecule has 3 N–H and O–H groups in total. The van der Waals surface area contributed by atoms with E-state index in [1.807, 2.05) is 0 Å². The van der Waals surface area contributed by atoms with Gasteiger partial charge in [0.1, 0.15) is 5.83 Å². The summed E-state index contributed by atoms with van der Waals surface area (Å²) < 4.78 is 12.8. The minimum Gasteiger partial charge on any atom is -0.366 e. The van der Waals surface area contributed by atoms with Crippen LogP contribution in [0, 0.1) is 0 Å². The second kappa shape index (κ2) is 9.54. The van der Waals surface area contributed by atoms with Crippen LogP contribution in [0.2, 0.25) is 0 Å². The first kappa shape index (κ1) is 20.9. The maximum atomic E-state index is 12.8. The lowest BCUT2D eigenvalue weighted by molar-refractivity contribution is -0.145. The number of anilines is 1. The summed E-state index contributed by atoms with van der Waals surface area (Å²) in [6, 6.07) is 0.935. The Balaban J connectivity index is 2.11. The van der Waals surface area contributed by atoms with E-state index in [1.54, 1.807) is 0 Å². The second-order valence-corrected chi connectivity index (χ2v) is 6.36. The number of nitrogens with zero attached hydrogens (tertiary/aromatic N) is 3. The molecular weight excluding hydrogens is 365 g/mol. The van der Waals surface area contributed by atoms with E-state index >= 15 is 0 Å². The number of aliphatic imine (C=N–C) groups is 1. The molecule has 2 heterocycles. The van der Waals surface area contributed by atoms with Gasteiger partial charge < -0.3 is 16.0 Å². The third-order valence-corrected chi connectivity index (χ3v) is 4.16. The average molecular weight is 387 g/mol. The molecular formula is C19H22FN5O3. The van der Waals surface area contributed by atoms with E-state index in [1.165, 1.54) is 36.5 Å². The van der Waals surface area contributed by atoms with Crippen LogP contribution in [0.1, 0.15) is 36.5 Å². The van der Waals surface area contributed by atoms with Crippen LogP contribution in [0.4, 0.5) is 10.1 Å². The highest BCUT2D eigenvalue weighted by molar-refractivity contribution is 6.39. The van der Waals surface area contributed by atoms with Crippen LogP contribution in [-0.2, 0) is 9.59 Å². The predicted octanol–water partition coefficient (Wildman–Crippen LogP) is 1.96. The predicted molar refractivity (Wildman–Crippen MR) is 103 cm³/mol. The Morgan fingerprint density at radius 1 is 1.39 bits per heavy atom. The molecule has 1 saturated heterocycles. The molecule has 0 radical (unpaired) electrons. The molecule has 0 unspecified atom stereocenters. The molecule has 1 aliphatic rings. The monoisotopic (exact) mass is 387 g/mol. The van der Waals surface area contributed by atoms with Gasteiger partial charge >= 0.3 is 11.8 Å². The minimum absolute atomic E-state index is 0.113. The van der Waals surface area contributed by atoms with Crippen molar-refractivity contribution in [1.29, 1.82) is 0 Å². The highest BCUT2D eigenvalue weighted by atomic mass is 19.1. The smallest absolute Gasteiger partial charge is 0.313 e. The summed E-state index contributed by atoms with van der Waals surface area (Å²) in [6.45, 7) is 5.55. The first-order chi connectivity index (χ1) is 13.3. The largest absolute Gasteiger partial charge is 0.366 e. The van der Waals surface area contributed by atoms with Gasteiger partial charge in [-0.15, -0.1) is 0 Å². The Hall–Kier alpha value is -3.36. The summed E-state index contributed by atoms with van der Waals surface area (Å²) in [6.07, 6.45) is 7.25. The number of carbonyl (C=O) groups excluding carboxylic acids is 3. The Morgan fingerprint density at radius 2 is 2.14 bits per heavy atom. The van der Waals surface area contributed by atoms with Crippen molar-refractivity contribution in [2.24, 2.45) is 10.7 Å².